The summed E-state index contributed by atoms with van der Waals surface area (Å²) in [6.45, 7) is 7.39. The van der Waals surface area contributed by atoms with Crippen LogP contribution in [0.4, 0.5) is 5.69 Å². The third-order valence-electron chi connectivity index (χ3n) is 3.85. The Labute approximate surface area is 110 Å². The number of nitriles is 1. The first kappa shape index (κ1) is 13.0. The number of rotatable bonds is 4. The van der Waals surface area contributed by atoms with E-state index in [4.69, 9.17) is 5.26 Å². The summed E-state index contributed by atoms with van der Waals surface area (Å²) >= 11 is 0. The van der Waals surface area contributed by atoms with Gasteiger partial charge in [0, 0.05) is 18.3 Å². The third kappa shape index (κ3) is 2.67. The number of hydrogen-bond acceptors (Lipinski definition) is 2. The Morgan fingerprint density at radius 2 is 2.11 bits per heavy atom. The quantitative estimate of drug-likeness (QED) is 0.803. The zero-order valence-corrected chi connectivity index (χ0v) is 11.6. The fourth-order valence-corrected chi connectivity index (χ4v) is 2.72. The number of benzene rings is 1. The average molecular weight is 242 g/mol. The largest absolute Gasteiger partial charge is 0.368 e. The van der Waals surface area contributed by atoms with Crippen molar-refractivity contribution in [2.75, 3.05) is 11.4 Å². The molecule has 96 valence electrons. The highest BCUT2D eigenvalue weighted by atomic mass is 15.2. The summed E-state index contributed by atoms with van der Waals surface area (Å²) in [5.41, 5.74) is 2.66. The van der Waals surface area contributed by atoms with E-state index < -0.39 is 0 Å². The second-order valence-corrected chi connectivity index (χ2v) is 5.97. The van der Waals surface area contributed by atoms with Gasteiger partial charge in [-0.15, -0.1) is 0 Å². The minimum absolute atomic E-state index is 0.192. The van der Waals surface area contributed by atoms with Gasteiger partial charge in [0.2, 0.25) is 0 Å². The van der Waals surface area contributed by atoms with E-state index in [1.54, 1.807) is 0 Å². The predicted octanol–water partition coefficient (Wildman–Crippen LogP) is 3.77. The molecule has 0 saturated carbocycles. The standard InChI is InChI=1S/C16H22N2/c1-13-11-14-7-4-5-8-15(14)18(13)10-6-9-16(2,3)12-17/h4-5,7-8,13H,6,9-11H2,1-3H3. The van der Waals surface area contributed by atoms with Crippen LogP contribution in [-0.4, -0.2) is 12.6 Å². The van der Waals surface area contributed by atoms with Crippen LogP contribution < -0.4 is 4.90 Å². The van der Waals surface area contributed by atoms with Gasteiger partial charge in [0.15, 0.2) is 0 Å². The predicted molar refractivity (Wildman–Crippen MR) is 75.6 cm³/mol. The third-order valence-corrected chi connectivity index (χ3v) is 3.85. The molecule has 0 spiro atoms. The molecule has 0 radical (unpaired) electrons. The number of nitrogens with zero attached hydrogens (tertiary/aromatic N) is 2. The summed E-state index contributed by atoms with van der Waals surface area (Å²) in [6, 6.07) is 11.6. The molecular formula is C16H22N2. The molecule has 1 aliphatic heterocycles. The maximum atomic E-state index is 9.03. The Balaban J connectivity index is 1.97. The summed E-state index contributed by atoms with van der Waals surface area (Å²) in [4.78, 5) is 2.49. The Hall–Kier alpha value is -1.49. The van der Waals surface area contributed by atoms with Crippen LogP contribution in [0.2, 0.25) is 0 Å². The van der Waals surface area contributed by atoms with Gasteiger partial charge in [0.05, 0.1) is 11.5 Å². The molecule has 0 aromatic heterocycles. The van der Waals surface area contributed by atoms with Gasteiger partial charge < -0.3 is 4.90 Å². The molecule has 1 atom stereocenters. The first-order valence-corrected chi connectivity index (χ1v) is 6.79. The summed E-state index contributed by atoms with van der Waals surface area (Å²) in [7, 11) is 0. The van der Waals surface area contributed by atoms with Gasteiger partial charge >= 0.3 is 0 Å². The molecule has 1 aromatic rings. The lowest BCUT2D eigenvalue weighted by atomic mass is 9.90. The van der Waals surface area contributed by atoms with Crippen molar-refractivity contribution < 1.29 is 0 Å². The lowest BCUT2D eigenvalue weighted by Gasteiger charge is -2.26. The molecule has 2 heteroatoms. The van der Waals surface area contributed by atoms with Gasteiger partial charge in [-0.1, -0.05) is 18.2 Å². The van der Waals surface area contributed by atoms with E-state index in [1.807, 2.05) is 13.8 Å². The van der Waals surface area contributed by atoms with E-state index in [-0.39, 0.29) is 5.41 Å². The number of anilines is 1. The van der Waals surface area contributed by atoms with Crippen LogP contribution in [0.25, 0.3) is 0 Å². The van der Waals surface area contributed by atoms with Crippen molar-refractivity contribution >= 4 is 5.69 Å². The summed E-state index contributed by atoms with van der Waals surface area (Å²) < 4.78 is 0. The molecule has 0 amide bonds. The van der Waals surface area contributed by atoms with E-state index in [2.05, 4.69) is 42.2 Å². The van der Waals surface area contributed by atoms with E-state index >= 15 is 0 Å². The van der Waals surface area contributed by atoms with E-state index in [0.29, 0.717) is 6.04 Å². The SMILES string of the molecule is CC1Cc2ccccc2N1CCCC(C)(C)C#N. The summed E-state index contributed by atoms with van der Waals surface area (Å²) in [6.07, 6.45) is 3.20. The average Bonchev–Trinajstić information content (AvgIpc) is 2.66. The molecule has 0 saturated heterocycles. The highest BCUT2D eigenvalue weighted by Crippen LogP contribution is 2.32. The number of para-hydroxylation sites is 1. The van der Waals surface area contributed by atoms with Gasteiger partial charge in [-0.05, 0) is 51.7 Å². The maximum absolute atomic E-state index is 9.03. The molecule has 0 fully saturated rings. The summed E-state index contributed by atoms with van der Waals surface area (Å²) in [5.74, 6) is 0. The fourth-order valence-electron chi connectivity index (χ4n) is 2.72. The van der Waals surface area contributed by atoms with Gasteiger partial charge in [0.25, 0.3) is 0 Å². The van der Waals surface area contributed by atoms with Crippen molar-refractivity contribution in [1.29, 1.82) is 5.26 Å². The Morgan fingerprint density at radius 1 is 1.39 bits per heavy atom. The molecule has 0 aliphatic carbocycles. The van der Waals surface area contributed by atoms with Crippen LogP contribution in [-0.2, 0) is 6.42 Å². The zero-order valence-electron chi connectivity index (χ0n) is 11.6. The Bertz CT molecular complexity index is 456. The fraction of sp³-hybridized carbons (Fsp3) is 0.562. The number of hydrogen-bond donors (Lipinski definition) is 0. The molecule has 18 heavy (non-hydrogen) atoms. The van der Waals surface area contributed by atoms with Crippen molar-refractivity contribution in [1.82, 2.24) is 0 Å². The maximum Gasteiger partial charge on any atom is 0.0683 e. The van der Waals surface area contributed by atoms with Crippen LogP contribution in [0.3, 0.4) is 0 Å². The Morgan fingerprint density at radius 3 is 2.83 bits per heavy atom. The molecule has 0 bridgehead atoms. The van der Waals surface area contributed by atoms with Crippen LogP contribution in [0.5, 0.6) is 0 Å². The zero-order chi connectivity index (χ0) is 13.2. The second kappa shape index (κ2) is 5.02. The monoisotopic (exact) mass is 242 g/mol. The van der Waals surface area contributed by atoms with E-state index in [9.17, 15) is 0 Å². The van der Waals surface area contributed by atoms with Crippen LogP contribution in [0.1, 0.15) is 39.2 Å². The molecule has 1 unspecified atom stereocenters. The molecule has 2 nitrogen and oxygen atoms in total. The first-order chi connectivity index (χ1) is 8.53. The van der Waals surface area contributed by atoms with Gasteiger partial charge in [0.1, 0.15) is 0 Å². The van der Waals surface area contributed by atoms with Crippen LogP contribution in [0, 0.1) is 16.7 Å². The molecular weight excluding hydrogens is 220 g/mol. The van der Waals surface area contributed by atoms with Crippen molar-refractivity contribution in [3.63, 3.8) is 0 Å². The molecule has 0 N–H and O–H groups in total. The molecule has 1 aliphatic rings. The van der Waals surface area contributed by atoms with Gasteiger partial charge in [-0.25, -0.2) is 0 Å². The molecule has 1 aromatic carbocycles. The van der Waals surface area contributed by atoms with Crippen molar-refractivity contribution in [2.45, 2.75) is 46.1 Å². The van der Waals surface area contributed by atoms with Gasteiger partial charge in [-0.2, -0.15) is 5.26 Å². The van der Waals surface area contributed by atoms with Gasteiger partial charge in [-0.3, -0.25) is 0 Å². The van der Waals surface area contributed by atoms with Crippen LogP contribution >= 0.6 is 0 Å². The first-order valence-electron chi connectivity index (χ1n) is 6.79. The molecule has 1 heterocycles. The lowest BCUT2D eigenvalue weighted by Crippen LogP contribution is -2.30. The normalized spacial score (nSPS) is 18.6. The van der Waals surface area contributed by atoms with E-state index in [0.717, 1.165) is 25.8 Å². The topological polar surface area (TPSA) is 27.0 Å². The van der Waals surface area contributed by atoms with Crippen LogP contribution in [0.15, 0.2) is 24.3 Å². The minimum Gasteiger partial charge on any atom is -0.368 e. The van der Waals surface area contributed by atoms with E-state index in [1.165, 1.54) is 11.3 Å². The van der Waals surface area contributed by atoms with Crippen molar-refractivity contribution in [3.05, 3.63) is 29.8 Å². The minimum atomic E-state index is -0.192. The summed E-state index contributed by atoms with van der Waals surface area (Å²) in [5, 5.41) is 9.03. The highest BCUT2D eigenvalue weighted by molar-refractivity contribution is 5.59. The molecule has 2 rings (SSSR count). The highest BCUT2D eigenvalue weighted by Gasteiger charge is 2.25. The number of fused-ring (bicyclic) bond motifs is 1. The van der Waals surface area contributed by atoms with Crippen molar-refractivity contribution in [3.8, 4) is 6.07 Å². The van der Waals surface area contributed by atoms with Crippen molar-refractivity contribution in [2.24, 2.45) is 5.41 Å². The Kier molecular flexibility index (Phi) is 3.61. The second-order valence-electron chi connectivity index (χ2n) is 5.97. The smallest absolute Gasteiger partial charge is 0.0683 e. The lowest BCUT2D eigenvalue weighted by molar-refractivity contribution is 0.431.